The van der Waals surface area contributed by atoms with E-state index in [1.54, 1.807) is 18.3 Å². The minimum absolute atomic E-state index is 0.129. The molecule has 21 heavy (non-hydrogen) atoms. The summed E-state index contributed by atoms with van der Waals surface area (Å²) in [5, 5.41) is 8.94. The maximum Gasteiger partial charge on any atom is 0.143 e. The summed E-state index contributed by atoms with van der Waals surface area (Å²) < 4.78 is 1.09. The molecule has 3 rings (SSSR count). The van der Waals surface area contributed by atoms with Gasteiger partial charge in [-0.25, -0.2) is 4.98 Å². The molecule has 0 saturated carbocycles. The van der Waals surface area contributed by atoms with Gasteiger partial charge in [0.15, 0.2) is 0 Å². The smallest absolute Gasteiger partial charge is 0.143 e. The van der Waals surface area contributed by atoms with Crippen LogP contribution in [0.2, 0.25) is 0 Å². The molecule has 1 aromatic carbocycles. The maximum absolute atomic E-state index is 12.1. The number of aliphatic imine (C=N–C) groups is 1. The van der Waals surface area contributed by atoms with Crippen LogP contribution in [-0.2, 0) is 11.2 Å². The predicted octanol–water partition coefficient (Wildman–Crippen LogP) is 3.19. The van der Waals surface area contributed by atoms with Crippen molar-refractivity contribution in [3.05, 3.63) is 56.9 Å². The first-order valence-electron chi connectivity index (χ1n) is 6.40. The first-order valence-corrected chi connectivity index (χ1v) is 7.48. The Kier molecular flexibility index (Phi) is 3.80. The topological polar surface area (TPSA) is 66.1 Å². The number of hydrogen-bond acceptors (Lipinski definition) is 4. The molecule has 0 aliphatic carbocycles. The molecule has 2 heterocycles. The maximum atomic E-state index is 12.1. The summed E-state index contributed by atoms with van der Waals surface area (Å²) in [4.78, 5) is 20.7. The fourth-order valence-corrected chi connectivity index (χ4v) is 2.84. The average Bonchev–Trinajstić information content (AvgIpc) is 2.65. The van der Waals surface area contributed by atoms with Gasteiger partial charge < -0.3 is 0 Å². The Morgan fingerprint density at radius 3 is 2.86 bits per heavy atom. The Balaban J connectivity index is 2.11. The van der Waals surface area contributed by atoms with Gasteiger partial charge >= 0.3 is 0 Å². The Morgan fingerprint density at radius 1 is 1.19 bits per heavy atom. The lowest BCUT2D eigenvalue weighted by atomic mass is 10.0. The van der Waals surface area contributed by atoms with E-state index < -0.39 is 0 Å². The second kappa shape index (κ2) is 5.74. The van der Waals surface area contributed by atoms with Gasteiger partial charge in [0.1, 0.15) is 17.5 Å². The van der Waals surface area contributed by atoms with E-state index in [4.69, 9.17) is 5.26 Å². The number of aromatic nitrogens is 1. The van der Waals surface area contributed by atoms with E-state index in [9.17, 15) is 4.79 Å². The zero-order chi connectivity index (χ0) is 14.8. The zero-order valence-electron chi connectivity index (χ0n) is 11.0. The lowest BCUT2D eigenvalue weighted by molar-refractivity contribution is -0.117. The van der Waals surface area contributed by atoms with E-state index in [1.807, 2.05) is 24.3 Å². The Bertz CT molecular complexity index is 805. The van der Waals surface area contributed by atoms with Crippen LogP contribution in [0.25, 0.3) is 0 Å². The van der Waals surface area contributed by atoms with E-state index >= 15 is 0 Å². The van der Waals surface area contributed by atoms with Crippen molar-refractivity contribution in [2.75, 3.05) is 0 Å². The second-order valence-electron chi connectivity index (χ2n) is 4.77. The van der Waals surface area contributed by atoms with Crippen molar-refractivity contribution in [2.45, 2.75) is 12.8 Å². The number of rotatable bonds is 1. The molecule has 0 N–H and O–H groups in total. The number of fused-ring (bicyclic) bond motifs is 1. The van der Waals surface area contributed by atoms with Gasteiger partial charge in [-0.15, -0.1) is 0 Å². The zero-order valence-corrected chi connectivity index (χ0v) is 13.2. The van der Waals surface area contributed by atoms with Gasteiger partial charge in [0, 0.05) is 28.2 Å². The van der Waals surface area contributed by atoms with Crippen LogP contribution in [0, 0.1) is 14.9 Å². The molecular weight excluding hydrogens is 377 g/mol. The SMILES string of the molecule is N#Cc1cc(C2=Nc3ccc(I)cc3CC(=O)C2)ccn1. The number of pyridine rings is 1. The number of nitriles is 1. The lowest BCUT2D eigenvalue weighted by Gasteiger charge is -2.04. The highest BCUT2D eigenvalue weighted by Crippen LogP contribution is 2.27. The fourth-order valence-electron chi connectivity index (χ4n) is 2.29. The standard InChI is InChI=1S/C16H10IN3O/c17-12-1-2-15-11(5-12)7-14(21)8-16(20-15)10-3-4-19-13(6-10)9-18/h1-6H,7-8H2. The molecule has 1 aromatic heterocycles. The largest absolute Gasteiger partial charge is 0.299 e. The van der Waals surface area contributed by atoms with E-state index in [-0.39, 0.29) is 12.2 Å². The summed E-state index contributed by atoms with van der Waals surface area (Å²) in [6, 6.07) is 11.4. The molecule has 0 unspecified atom stereocenters. The highest BCUT2D eigenvalue weighted by molar-refractivity contribution is 14.1. The number of Topliss-reactive ketones (excluding diaryl/α,β-unsaturated/α-hetero) is 1. The first kappa shape index (κ1) is 13.9. The number of ketones is 1. The van der Waals surface area contributed by atoms with E-state index in [2.05, 4.69) is 32.6 Å². The van der Waals surface area contributed by atoms with Gasteiger partial charge in [0.05, 0.1) is 11.4 Å². The number of carbonyl (C=O) groups is 1. The van der Waals surface area contributed by atoms with Crippen molar-refractivity contribution in [1.29, 1.82) is 5.26 Å². The van der Waals surface area contributed by atoms with Crippen LogP contribution in [0.5, 0.6) is 0 Å². The van der Waals surface area contributed by atoms with Gasteiger partial charge in [0.25, 0.3) is 0 Å². The molecule has 102 valence electrons. The molecule has 2 aromatic rings. The summed E-state index contributed by atoms with van der Waals surface area (Å²) in [6.45, 7) is 0. The summed E-state index contributed by atoms with van der Waals surface area (Å²) in [6.07, 6.45) is 2.25. The number of halogens is 1. The fraction of sp³-hybridized carbons (Fsp3) is 0.125. The molecule has 0 saturated heterocycles. The molecule has 1 aliphatic rings. The van der Waals surface area contributed by atoms with Gasteiger partial charge in [-0.3, -0.25) is 9.79 Å². The minimum atomic E-state index is 0.129. The number of nitrogens with zero attached hydrogens (tertiary/aromatic N) is 3. The first-order chi connectivity index (χ1) is 10.2. The van der Waals surface area contributed by atoms with Crippen LogP contribution in [0.15, 0.2) is 41.5 Å². The van der Waals surface area contributed by atoms with Crippen molar-refractivity contribution in [3.8, 4) is 6.07 Å². The summed E-state index contributed by atoms with van der Waals surface area (Å²) >= 11 is 2.23. The van der Waals surface area contributed by atoms with Crippen molar-refractivity contribution in [2.24, 2.45) is 4.99 Å². The average molecular weight is 387 g/mol. The predicted molar refractivity (Wildman–Crippen MR) is 87.6 cm³/mol. The number of carbonyl (C=O) groups excluding carboxylic acids is 1. The molecule has 0 atom stereocenters. The van der Waals surface area contributed by atoms with Gasteiger partial charge in [0.2, 0.25) is 0 Å². The van der Waals surface area contributed by atoms with Crippen molar-refractivity contribution in [1.82, 2.24) is 4.98 Å². The highest BCUT2D eigenvalue weighted by Gasteiger charge is 2.18. The summed E-state index contributed by atoms with van der Waals surface area (Å²) in [5.41, 5.74) is 3.58. The molecule has 0 amide bonds. The van der Waals surface area contributed by atoms with E-state index in [0.717, 1.165) is 20.4 Å². The molecule has 0 bridgehead atoms. The third-order valence-corrected chi connectivity index (χ3v) is 3.93. The Labute approximate surface area is 135 Å². The lowest BCUT2D eigenvalue weighted by Crippen LogP contribution is -2.09. The summed E-state index contributed by atoms with van der Waals surface area (Å²) in [7, 11) is 0. The van der Waals surface area contributed by atoms with E-state index in [1.165, 1.54) is 0 Å². The molecule has 4 nitrogen and oxygen atoms in total. The number of hydrogen-bond donors (Lipinski definition) is 0. The monoisotopic (exact) mass is 387 g/mol. The molecule has 0 fully saturated rings. The quantitative estimate of drug-likeness (QED) is 0.706. The van der Waals surface area contributed by atoms with Crippen LogP contribution in [0.4, 0.5) is 5.69 Å². The molecule has 1 aliphatic heterocycles. The third-order valence-electron chi connectivity index (χ3n) is 3.26. The Morgan fingerprint density at radius 2 is 2.05 bits per heavy atom. The van der Waals surface area contributed by atoms with Crippen LogP contribution in [0.3, 0.4) is 0 Å². The van der Waals surface area contributed by atoms with Gasteiger partial charge in [-0.2, -0.15) is 5.26 Å². The molecule has 5 heteroatoms. The Hall–Kier alpha value is -2.07. The minimum Gasteiger partial charge on any atom is -0.299 e. The van der Waals surface area contributed by atoms with Crippen molar-refractivity contribution >= 4 is 39.8 Å². The van der Waals surface area contributed by atoms with Crippen molar-refractivity contribution in [3.63, 3.8) is 0 Å². The van der Waals surface area contributed by atoms with Gasteiger partial charge in [-0.05, 0) is 58.5 Å². The van der Waals surface area contributed by atoms with Crippen LogP contribution < -0.4 is 0 Å². The van der Waals surface area contributed by atoms with Crippen molar-refractivity contribution < 1.29 is 4.79 Å². The molecular formula is C16H10IN3O. The van der Waals surface area contributed by atoms with Crippen LogP contribution in [-0.4, -0.2) is 16.5 Å². The molecule has 0 radical (unpaired) electrons. The summed E-state index contributed by atoms with van der Waals surface area (Å²) in [5.74, 6) is 0.129. The van der Waals surface area contributed by atoms with Gasteiger partial charge in [-0.1, -0.05) is 0 Å². The third kappa shape index (κ3) is 3.00. The second-order valence-corrected chi connectivity index (χ2v) is 6.01. The number of benzene rings is 1. The van der Waals surface area contributed by atoms with E-state index in [0.29, 0.717) is 17.8 Å². The molecule has 0 spiro atoms. The van der Waals surface area contributed by atoms with Crippen LogP contribution in [0.1, 0.15) is 23.2 Å². The normalized spacial score (nSPS) is 13.9. The highest BCUT2D eigenvalue weighted by atomic mass is 127. The van der Waals surface area contributed by atoms with Crippen LogP contribution >= 0.6 is 22.6 Å².